The van der Waals surface area contributed by atoms with Gasteiger partial charge in [0, 0.05) is 65.7 Å². The third kappa shape index (κ3) is 7.92. The number of fused-ring (bicyclic) bond motifs is 6. The average molecular weight is 727 g/mol. The van der Waals surface area contributed by atoms with Crippen LogP contribution < -0.4 is 15.8 Å². The molecule has 9 nitrogen and oxygen atoms in total. The lowest BCUT2D eigenvalue weighted by Gasteiger charge is -2.32. The number of likely N-dealkylation sites (tertiary alicyclic amines) is 1. The standard InChI is InChI=1S/C45H50N4O5/c1-29-7-5-10-37-23-36(50)15-12-30-13-16-41(51)42(19-30)54-27-35-21-33(38(31-8-3-2-4-9-31)24-44(52)48-17-6-18-48)20-34-25-49(26-39(34)35)45-40(28-53-37)32(14-11-29)22-43(46)47-45/h2-4,8-9,13,16,19-22,25-26,29,36-38,43,47,50-51H,5-7,10,12,15,17-18,23-24,27-28,46H2,1H3. The summed E-state index contributed by atoms with van der Waals surface area (Å²) in [5, 5.41) is 27.6. The molecule has 5 atom stereocenters. The Labute approximate surface area is 317 Å². The molecule has 0 aliphatic carbocycles. The summed E-state index contributed by atoms with van der Waals surface area (Å²) in [5.74, 6) is 8.36. The molecule has 4 aliphatic heterocycles. The Kier molecular flexibility index (Phi) is 10.5. The van der Waals surface area contributed by atoms with Crippen LogP contribution in [0.2, 0.25) is 0 Å². The van der Waals surface area contributed by atoms with Crippen molar-refractivity contribution in [1.29, 1.82) is 0 Å². The van der Waals surface area contributed by atoms with Crippen molar-refractivity contribution in [2.75, 3.05) is 19.7 Å². The summed E-state index contributed by atoms with van der Waals surface area (Å²) < 4.78 is 15.2. The van der Waals surface area contributed by atoms with E-state index in [1.54, 1.807) is 6.07 Å². The molecule has 3 aromatic carbocycles. The van der Waals surface area contributed by atoms with Crippen molar-refractivity contribution in [3.05, 3.63) is 113 Å². The zero-order chi connectivity index (χ0) is 37.2. The molecule has 54 heavy (non-hydrogen) atoms. The topological polar surface area (TPSA) is 122 Å². The Balaban J connectivity index is 1.29. The molecule has 6 bridgehead atoms. The second kappa shape index (κ2) is 15.8. The number of rotatable bonds is 4. The summed E-state index contributed by atoms with van der Waals surface area (Å²) in [6.45, 7) is 4.27. The zero-order valence-corrected chi connectivity index (χ0v) is 31.0. The molecule has 1 amide bonds. The second-order valence-corrected chi connectivity index (χ2v) is 15.4. The normalized spacial score (nSPS) is 23.8. The molecule has 1 saturated heterocycles. The molecule has 0 radical (unpaired) electrons. The van der Waals surface area contributed by atoms with Crippen LogP contribution in [0.5, 0.6) is 11.5 Å². The summed E-state index contributed by atoms with van der Waals surface area (Å²) in [4.78, 5) is 15.5. The van der Waals surface area contributed by atoms with E-state index in [2.05, 4.69) is 65.3 Å². The lowest BCUT2D eigenvalue weighted by Crippen LogP contribution is -2.42. The van der Waals surface area contributed by atoms with Crippen LogP contribution in [0, 0.1) is 17.8 Å². The van der Waals surface area contributed by atoms with Crippen molar-refractivity contribution in [2.45, 2.75) is 89.2 Å². The number of dihydropyridines is 1. The SMILES string of the molecule is CC1C#CC2=CC(N)NC3=C2COC(CCC1)CC(O)CCc1ccc(O)c(c1)OCc1cc(C(CC(=O)N2CCC2)c2ccccc2)cc2cn3cc12. The first-order chi connectivity index (χ1) is 26.3. The van der Waals surface area contributed by atoms with Crippen molar-refractivity contribution in [1.82, 2.24) is 14.8 Å². The predicted molar refractivity (Wildman–Crippen MR) is 210 cm³/mol. The largest absolute Gasteiger partial charge is 0.504 e. The lowest BCUT2D eigenvalue weighted by atomic mass is 9.86. The van der Waals surface area contributed by atoms with Crippen LogP contribution >= 0.6 is 0 Å². The molecular weight excluding hydrogens is 677 g/mol. The third-order valence-electron chi connectivity index (χ3n) is 11.4. The van der Waals surface area contributed by atoms with Crippen molar-refractivity contribution in [3.63, 3.8) is 0 Å². The molecule has 8 rings (SSSR count). The van der Waals surface area contributed by atoms with Gasteiger partial charge >= 0.3 is 0 Å². The highest BCUT2D eigenvalue weighted by Gasteiger charge is 2.28. The molecule has 4 aliphatic rings. The van der Waals surface area contributed by atoms with Gasteiger partial charge in [-0.3, -0.25) is 4.79 Å². The first-order valence-corrected chi connectivity index (χ1v) is 19.5. The number of phenolic OH excluding ortho intramolecular Hbond substituents is 1. The van der Waals surface area contributed by atoms with Crippen molar-refractivity contribution >= 4 is 22.5 Å². The van der Waals surface area contributed by atoms with E-state index in [0.29, 0.717) is 38.0 Å². The number of hydrogen-bond acceptors (Lipinski definition) is 7. The molecular formula is C45H50N4O5. The molecule has 280 valence electrons. The molecule has 5 unspecified atom stereocenters. The van der Waals surface area contributed by atoms with E-state index in [1.807, 2.05) is 41.3 Å². The molecule has 0 spiro atoms. The number of carbonyl (C=O) groups is 1. The van der Waals surface area contributed by atoms with Gasteiger partial charge in [0.2, 0.25) is 5.91 Å². The van der Waals surface area contributed by atoms with Crippen molar-refractivity contribution < 1.29 is 24.5 Å². The van der Waals surface area contributed by atoms with Crippen molar-refractivity contribution in [3.8, 4) is 23.3 Å². The van der Waals surface area contributed by atoms with E-state index in [-0.39, 0.29) is 36.2 Å². The zero-order valence-electron chi connectivity index (χ0n) is 31.0. The van der Waals surface area contributed by atoms with Gasteiger partial charge in [-0.05, 0) is 91.5 Å². The summed E-state index contributed by atoms with van der Waals surface area (Å²) in [6.07, 6.45) is 10.9. The fourth-order valence-electron chi connectivity index (χ4n) is 8.11. The number of nitrogens with zero attached hydrogens (tertiary/aromatic N) is 2. The molecule has 5 N–H and O–H groups in total. The summed E-state index contributed by atoms with van der Waals surface area (Å²) >= 11 is 0. The van der Waals surface area contributed by atoms with E-state index in [9.17, 15) is 15.0 Å². The number of carbonyl (C=O) groups excluding carboxylic acids is 1. The summed E-state index contributed by atoms with van der Waals surface area (Å²) in [5.41, 5.74) is 12.4. The fourth-order valence-corrected chi connectivity index (χ4v) is 8.11. The third-order valence-corrected chi connectivity index (χ3v) is 11.4. The maximum Gasteiger partial charge on any atom is 0.223 e. The molecule has 1 aromatic heterocycles. The number of amides is 1. The van der Waals surface area contributed by atoms with Gasteiger partial charge in [-0.1, -0.05) is 61.2 Å². The van der Waals surface area contributed by atoms with Gasteiger partial charge in [-0.15, -0.1) is 0 Å². The molecule has 1 fully saturated rings. The van der Waals surface area contributed by atoms with E-state index < -0.39 is 12.3 Å². The Morgan fingerprint density at radius 1 is 1.02 bits per heavy atom. The van der Waals surface area contributed by atoms with Gasteiger partial charge in [0.25, 0.3) is 0 Å². The Hall–Kier alpha value is -5.01. The molecule has 4 aromatic rings. The second-order valence-electron chi connectivity index (χ2n) is 15.4. The van der Waals surface area contributed by atoms with Crippen LogP contribution in [0.3, 0.4) is 0 Å². The quantitative estimate of drug-likeness (QED) is 0.176. The van der Waals surface area contributed by atoms with Crippen LogP contribution in [-0.4, -0.2) is 63.7 Å². The number of aromatic nitrogens is 1. The van der Waals surface area contributed by atoms with Crippen LogP contribution in [0.25, 0.3) is 16.6 Å². The highest BCUT2D eigenvalue weighted by Crippen LogP contribution is 2.37. The minimum atomic E-state index is -0.555. The van der Waals surface area contributed by atoms with Gasteiger partial charge in [0.15, 0.2) is 11.5 Å². The number of nitrogens with one attached hydrogen (secondary N) is 1. The van der Waals surface area contributed by atoms with E-state index in [4.69, 9.17) is 15.2 Å². The minimum absolute atomic E-state index is 0.0600. The molecule has 0 saturated carbocycles. The van der Waals surface area contributed by atoms with Gasteiger partial charge in [0.05, 0.1) is 25.0 Å². The number of phenols is 1. The van der Waals surface area contributed by atoms with Gasteiger partial charge < -0.3 is 40.2 Å². The average Bonchev–Trinajstić information content (AvgIpc) is 3.57. The first-order valence-electron chi connectivity index (χ1n) is 19.5. The number of aliphatic hydroxyl groups is 1. The van der Waals surface area contributed by atoms with E-state index in [1.165, 1.54) is 0 Å². The summed E-state index contributed by atoms with van der Waals surface area (Å²) in [6, 6.07) is 20.0. The van der Waals surface area contributed by atoms with Crippen LogP contribution in [0.4, 0.5) is 0 Å². The number of ether oxygens (including phenoxy) is 2. The molecule has 5 heterocycles. The Bertz CT molecular complexity index is 2140. The van der Waals surface area contributed by atoms with Crippen LogP contribution in [-0.2, 0) is 22.6 Å². The predicted octanol–water partition coefficient (Wildman–Crippen LogP) is 6.57. The molecule has 9 heteroatoms. The van der Waals surface area contributed by atoms with E-state index >= 15 is 0 Å². The number of aromatic hydroxyl groups is 1. The van der Waals surface area contributed by atoms with E-state index in [0.717, 1.165) is 88.8 Å². The fraction of sp³-hybridized carbons (Fsp3) is 0.400. The lowest BCUT2D eigenvalue weighted by molar-refractivity contribution is -0.134. The smallest absolute Gasteiger partial charge is 0.223 e. The van der Waals surface area contributed by atoms with Crippen LogP contribution in [0.1, 0.15) is 80.0 Å². The van der Waals surface area contributed by atoms with Gasteiger partial charge in [-0.25, -0.2) is 0 Å². The summed E-state index contributed by atoms with van der Waals surface area (Å²) in [7, 11) is 0. The highest BCUT2D eigenvalue weighted by atomic mass is 16.5. The number of aryl methyl sites for hydroxylation is 1. The Morgan fingerprint density at radius 2 is 1.87 bits per heavy atom. The number of aliphatic hydroxyl groups excluding tert-OH is 1. The number of nitrogens with two attached hydrogens (primary N) is 1. The van der Waals surface area contributed by atoms with Crippen molar-refractivity contribution in [2.24, 2.45) is 11.7 Å². The van der Waals surface area contributed by atoms with Gasteiger partial charge in [-0.2, -0.15) is 0 Å². The van der Waals surface area contributed by atoms with Crippen LogP contribution in [0.15, 0.2) is 90.3 Å². The Morgan fingerprint density at radius 3 is 2.69 bits per heavy atom. The maximum absolute atomic E-state index is 13.5. The maximum atomic E-state index is 13.5. The first kappa shape index (κ1) is 36.0. The number of hydrogen-bond donors (Lipinski definition) is 4. The minimum Gasteiger partial charge on any atom is -0.504 e. The number of benzene rings is 3. The highest BCUT2D eigenvalue weighted by molar-refractivity contribution is 5.89. The van der Waals surface area contributed by atoms with Gasteiger partial charge in [0.1, 0.15) is 12.4 Å². The monoisotopic (exact) mass is 726 g/mol.